The molecule has 0 bridgehead atoms. The van der Waals surface area contributed by atoms with Gasteiger partial charge in [-0.3, -0.25) is 4.68 Å². The number of fused-ring (bicyclic) bond motifs is 1. The summed E-state index contributed by atoms with van der Waals surface area (Å²) in [7, 11) is 0. The highest BCUT2D eigenvalue weighted by Crippen LogP contribution is 2.28. The summed E-state index contributed by atoms with van der Waals surface area (Å²) in [5.41, 5.74) is 2.15. The van der Waals surface area contributed by atoms with Gasteiger partial charge in [-0.25, -0.2) is 4.98 Å². The van der Waals surface area contributed by atoms with Crippen LogP contribution in [0.15, 0.2) is 30.6 Å². The Kier molecular flexibility index (Phi) is 3.40. The minimum Gasteiger partial charge on any atom is -0.360 e. The molecule has 0 atom stereocenters. The molecule has 0 radical (unpaired) electrons. The van der Waals surface area contributed by atoms with E-state index in [0.29, 0.717) is 0 Å². The fraction of sp³-hybridized carbons (Fsp3) is 0.231. The second kappa shape index (κ2) is 5.19. The first kappa shape index (κ1) is 12.4. The summed E-state index contributed by atoms with van der Waals surface area (Å²) in [6.07, 6.45) is 3.89. The fourth-order valence-electron chi connectivity index (χ4n) is 1.84. The van der Waals surface area contributed by atoms with E-state index in [2.05, 4.69) is 15.4 Å². The van der Waals surface area contributed by atoms with Crippen LogP contribution in [-0.2, 0) is 6.54 Å². The van der Waals surface area contributed by atoms with Crippen molar-refractivity contribution in [1.82, 2.24) is 14.8 Å². The number of nitrogens with one attached hydrogen (secondary N) is 1. The van der Waals surface area contributed by atoms with Crippen molar-refractivity contribution in [3.05, 3.63) is 41.2 Å². The predicted octanol–water partition coefficient (Wildman–Crippen LogP) is 3.57. The van der Waals surface area contributed by atoms with Crippen molar-refractivity contribution in [2.24, 2.45) is 0 Å². The second-order valence-electron chi connectivity index (χ2n) is 4.34. The zero-order valence-electron chi connectivity index (χ0n) is 10.4. The Bertz CT molecular complexity index is 704. The highest BCUT2D eigenvalue weighted by atomic mass is 35.5. The number of aryl methyl sites for hydroxylation is 1. The molecule has 0 unspecified atom stereocenters. The maximum atomic E-state index is 5.96. The number of anilines is 1. The summed E-state index contributed by atoms with van der Waals surface area (Å²) in [4.78, 5) is 4.51. The van der Waals surface area contributed by atoms with Gasteiger partial charge < -0.3 is 5.32 Å². The molecule has 2 heterocycles. The van der Waals surface area contributed by atoms with E-state index in [0.717, 1.165) is 33.5 Å². The Balaban J connectivity index is 1.65. The molecule has 1 aromatic carbocycles. The molecule has 0 aliphatic heterocycles. The summed E-state index contributed by atoms with van der Waals surface area (Å²) in [6, 6.07) is 5.74. The van der Waals surface area contributed by atoms with Crippen LogP contribution in [0, 0.1) is 6.92 Å². The Morgan fingerprint density at radius 1 is 1.42 bits per heavy atom. The first-order chi connectivity index (χ1) is 9.20. The van der Waals surface area contributed by atoms with Crippen molar-refractivity contribution in [2.45, 2.75) is 13.5 Å². The molecule has 0 spiro atoms. The fourth-order valence-corrected chi connectivity index (χ4v) is 3.01. The molecule has 0 aliphatic carbocycles. The lowest BCUT2D eigenvalue weighted by Crippen LogP contribution is -2.10. The van der Waals surface area contributed by atoms with Gasteiger partial charge in [0.05, 0.1) is 23.0 Å². The van der Waals surface area contributed by atoms with Gasteiger partial charge in [0.15, 0.2) is 5.13 Å². The number of nitrogens with zero attached hydrogens (tertiary/aromatic N) is 3. The summed E-state index contributed by atoms with van der Waals surface area (Å²) in [5.74, 6) is 0. The van der Waals surface area contributed by atoms with Crippen LogP contribution in [-0.4, -0.2) is 21.3 Å². The Morgan fingerprint density at radius 3 is 3.11 bits per heavy atom. The number of thiazole rings is 1. The third-order valence-corrected chi connectivity index (χ3v) is 3.94. The van der Waals surface area contributed by atoms with Gasteiger partial charge in [-0.15, -0.1) is 0 Å². The molecule has 0 saturated carbocycles. The van der Waals surface area contributed by atoms with Gasteiger partial charge in [0.2, 0.25) is 0 Å². The van der Waals surface area contributed by atoms with Crippen molar-refractivity contribution >= 4 is 38.3 Å². The quantitative estimate of drug-likeness (QED) is 0.799. The summed E-state index contributed by atoms with van der Waals surface area (Å²) >= 11 is 7.58. The largest absolute Gasteiger partial charge is 0.360 e. The van der Waals surface area contributed by atoms with Gasteiger partial charge in [-0.1, -0.05) is 22.9 Å². The van der Waals surface area contributed by atoms with Gasteiger partial charge >= 0.3 is 0 Å². The lowest BCUT2D eigenvalue weighted by atomic mass is 10.3. The summed E-state index contributed by atoms with van der Waals surface area (Å²) < 4.78 is 3.02. The zero-order valence-corrected chi connectivity index (χ0v) is 12.0. The smallest absolute Gasteiger partial charge is 0.183 e. The molecule has 1 N–H and O–H groups in total. The monoisotopic (exact) mass is 292 g/mol. The first-order valence-electron chi connectivity index (χ1n) is 6.00. The minimum absolute atomic E-state index is 0.745. The molecule has 0 fully saturated rings. The third-order valence-electron chi connectivity index (χ3n) is 2.73. The Hall–Kier alpha value is -1.59. The van der Waals surface area contributed by atoms with Gasteiger partial charge in [0.25, 0.3) is 0 Å². The number of halogens is 1. The molecule has 0 aliphatic rings. The molecule has 2 aromatic heterocycles. The highest BCUT2D eigenvalue weighted by Gasteiger charge is 2.03. The number of hydrogen-bond donors (Lipinski definition) is 1. The molecule has 3 aromatic rings. The summed E-state index contributed by atoms with van der Waals surface area (Å²) in [5, 5.41) is 9.22. The van der Waals surface area contributed by atoms with Crippen LogP contribution in [0.4, 0.5) is 5.13 Å². The van der Waals surface area contributed by atoms with Crippen molar-refractivity contribution in [3.63, 3.8) is 0 Å². The molecular formula is C13H13ClN4S. The van der Waals surface area contributed by atoms with E-state index in [9.17, 15) is 0 Å². The van der Waals surface area contributed by atoms with Crippen LogP contribution >= 0.6 is 22.9 Å². The van der Waals surface area contributed by atoms with Crippen LogP contribution in [0.5, 0.6) is 0 Å². The molecule has 98 valence electrons. The lowest BCUT2D eigenvalue weighted by molar-refractivity contribution is 0.637. The van der Waals surface area contributed by atoms with E-state index >= 15 is 0 Å². The molecule has 4 nitrogen and oxygen atoms in total. The molecule has 19 heavy (non-hydrogen) atoms. The second-order valence-corrected chi connectivity index (χ2v) is 5.81. The zero-order chi connectivity index (χ0) is 13.2. The van der Waals surface area contributed by atoms with Gasteiger partial charge in [-0.05, 0) is 30.7 Å². The average molecular weight is 293 g/mol. The highest BCUT2D eigenvalue weighted by molar-refractivity contribution is 7.22. The lowest BCUT2D eigenvalue weighted by Gasteiger charge is -2.02. The minimum atomic E-state index is 0.745. The molecule has 6 heteroatoms. The van der Waals surface area contributed by atoms with Gasteiger partial charge in [-0.2, -0.15) is 5.10 Å². The van der Waals surface area contributed by atoms with Crippen LogP contribution in [0.25, 0.3) is 10.2 Å². The van der Waals surface area contributed by atoms with E-state index in [4.69, 9.17) is 11.6 Å². The van der Waals surface area contributed by atoms with Crippen LogP contribution in [0.3, 0.4) is 0 Å². The van der Waals surface area contributed by atoms with Crippen molar-refractivity contribution in [3.8, 4) is 0 Å². The van der Waals surface area contributed by atoms with E-state index in [1.807, 2.05) is 42.2 Å². The summed E-state index contributed by atoms with van der Waals surface area (Å²) in [6.45, 7) is 3.66. The van der Waals surface area contributed by atoms with Crippen molar-refractivity contribution in [2.75, 3.05) is 11.9 Å². The van der Waals surface area contributed by atoms with Crippen LogP contribution in [0.1, 0.15) is 5.56 Å². The van der Waals surface area contributed by atoms with E-state index in [1.54, 1.807) is 11.3 Å². The number of benzene rings is 1. The normalized spacial score (nSPS) is 11.1. The van der Waals surface area contributed by atoms with Crippen LogP contribution < -0.4 is 5.32 Å². The third kappa shape index (κ3) is 2.88. The average Bonchev–Trinajstić information content (AvgIpc) is 2.95. The van der Waals surface area contributed by atoms with Gasteiger partial charge in [0.1, 0.15) is 0 Å². The molecule has 0 amide bonds. The predicted molar refractivity (Wildman–Crippen MR) is 80.1 cm³/mol. The number of rotatable bonds is 4. The van der Waals surface area contributed by atoms with E-state index < -0.39 is 0 Å². The van der Waals surface area contributed by atoms with Crippen molar-refractivity contribution < 1.29 is 0 Å². The maximum absolute atomic E-state index is 5.96. The Labute approximate surface area is 120 Å². The van der Waals surface area contributed by atoms with E-state index in [-0.39, 0.29) is 0 Å². The maximum Gasteiger partial charge on any atom is 0.183 e. The first-order valence-corrected chi connectivity index (χ1v) is 7.19. The SMILES string of the molecule is Cc1cnn(CCNc2nc3ccc(Cl)cc3s2)c1. The standard InChI is InChI=1S/C13H13ClN4S/c1-9-7-16-18(8-9)5-4-15-13-17-11-3-2-10(14)6-12(11)19-13/h2-3,6-8H,4-5H2,1H3,(H,15,17). The van der Waals surface area contributed by atoms with Crippen molar-refractivity contribution in [1.29, 1.82) is 0 Å². The van der Waals surface area contributed by atoms with E-state index in [1.165, 1.54) is 5.56 Å². The molecule has 3 rings (SSSR count). The van der Waals surface area contributed by atoms with Gasteiger partial charge in [0, 0.05) is 17.8 Å². The number of hydrogen-bond acceptors (Lipinski definition) is 4. The number of aromatic nitrogens is 3. The molecular weight excluding hydrogens is 280 g/mol. The van der Waals surface area contributed by atoms with Crippen LogP contribution in [0.2, 0.25) is 5.02 Å². The Morgan fingerprint density at radius 2 is 2.32 bits per heavy atom. The topological polar surface area (TPSA) is 42.7 Å². The molecule has 0 saturated heterocycles.